The van der Waals surface area contributed by atoms with Crippen molar-refractivity contribution in [3.63, 3.8) is 0 Å². The molecule has 10 aromatic rings. The van der Waals surface area contributed by atoms with Crippen LogP contribution in [0.2, 0.25) is 0 Å². The number of furan rings is 1. The van der Waals surface area contributed by atoms with Crippen LogP contribution in [0.1, 0.15) is 0 Å². The van der Waals surface area contributed by atoms with Crippen LogP contribution in [-0.2, 0) is 0 Å². The zero-order valence-electron chi connectivity index (χ0n) is 26.1. The van der Waals surface area contributed by atoms with Gasteiger partial charge >= 0.3 is 0 Å². The van der Waals surface area contributed by atoms with Crippen LogP contribution in [0.15, 0.2) is 180 Å². The van der Waals surface area contributed by atoms with Crippen LogP contribution in [0.5, 0.6) is 0 Å². The Hall–Kier alpha value is -6.38. The average molecular weight is 612 g/mol. The lowest BCUT2D eigenvalue weighted by Crippen LogP contribution is -2.10. The van der Waals surface area contributed by atoms with Crippen molar-refractivity contribution in [1.82, 2.24) is 0 Å². The maximum Gasteiger partial charge on any atom is 0.137 e. The van der Waals surface area contributed by atoms with Crippen molar-refractivity contribution in [1.29, 1.82) is 0 Å². The summed E-state index contributed by atoms with van der Waals surface area (Å²) in [6.07, 6.45) is 0. The summed E-state index contributed by atoms with van der Waals surface area (Å²) in [4.78, 5) is 2.38. The summed E-state index contributed by atoms with van der Waals surface area (Å²) in [5, 5.41) is 12.2. The number of nitrogens with zero attached hydrogens (tertiary/aromatic N) is 1. The molecule has 0 amide bonds. The van der Waals surface area contributed by atoms with E-state index in [2.05, 4.69) is 169 Å². The van der Waals surface area contributed by atoms with E-state index in [-0.39, 0.29) is 0 Å². The van der Waals surface area contributed by atoms with Gasteiger partial charge in [-0.1, -0.05) is 127 Å². The van der Waals surface area contributed by atoms with Crippen molar-refractivity contribution in [2.75, 3.05) is 4.90 Å². The van der Waals surface area contributed by atoms with Gasteiger partial charge < -0.3 is 9.32 Å². The van der Waals surface area contributed by atoms with Crippen LogP contribution in [-0.4, -0.2) is 0 Å². The first kappa shape index (κ1) is 26.8. The predicted molar refractivity (Wildman–Crippen MR) is 204 cm³/mol. The van der Waals surface area contributed by atoms with Crippen molar-refractivity contribution in [3.05, 3.63) is 176 Å². The lowest BCUT2D eigenvalue weighted by molar-refractivity contribution is 0.669. The van der Waals surface area contributed by atoms with Crippen LogP contribution < -0.4 is 4.90 Å². The van der Waals surface area contributed by atoms with Gasteiger partial charge in [-0.25, -0.2) is 0 Å². The molecule has 0 spiro atoms. The van der Waals surface area contributed by atoms with Crippen LogP contribution in [0.4, 0.5) is 17.1 Å². The lowest BCUT2D eigenvalue weighted by Gasteiger charge is -2.28. The molecular formula is C46H29NO. The quantitative estimate of drug-likeness (QED) is 0.184. The molecule has 0 atom stereocenters. The Balaban J connectivity index is 1.20. The van der Waals surface area contributed by atoms with Gasteiger partial charge in [0.15, 0.2) is 0 Å². The third-order valence-electron chi connectivity index (χ3n) is 9.81. The van der Waals surface area contributed by atoms with Crippen molar-refractivity contribution < 1.29 is 4.42 Å². The van der Waals surface area contributed by atoms with Crippen LogP contribution in [0.3, 0.4) is 0 Å². The number of benzene rings is 9. The monoisotopic (exact) mass is 611 g/mol. The molecule has 0 bridgehead atoms. The molecule has 0 saturated heterocycles. The molecule has 48 heavy (non-hydrogen) atoms. The maximum absolute atomic E-state index is 6.40. The largest absolute Gasteiger partial charge is 0.456 e. The van der Waals surface area contributed by atoms with Crippen LogP contribution in [0, 0.1) is 0 Å². The van der Waals surface area contributed by atoms with Gasteiger partial charge in [0, 0.05) is 33.6 Å². The first-order valence-electron chi connectivity index (χ1n) is 16.4. The third kappa shape index (κ3) is 4.13. The molecule has 0 unspecified atom stereocenters. The SMILES string of the molecule is c1ccc2c(c1)cc(-c1ccc(N(c3ccc4c(c3)oc3ccccc34)c3cc4ccccc4c4ccccc34)cc1)c1ccccc12. The molecule has 1 aromatic heterocycles. The van der Waals surface area contributed by atoms with Crippen LogP contribution in [0.25, 0.3) is 76.2 Å². The summed E-state index contributed by atoms with van der Waals surface area (Å²) in [7, 11) is 0. The number of rotatable bonds is 4. The molecule has 0 N–H and O–H groups in total. The molecule has 0 aliphatic carbocycles. The second-order valence-electron chi connectivity index (χ2n) is 12.5. The highest BCUT2D eigenvalue weighted by atomic mass is 16.3. The summed E-state index contributed by atoms with van der Waals surface area (Å²) in [5.74, 6) is 0. The number of fused-ring (bicyclic) bond motifs is 9. The highest BCUT2D eigenvalue weighted by Gasteiger charge is 2.19. The molecule has 0 saturated carbocycles. The Labute approximate surface area is 277 Å². The van der Waals surface area contributed by atoms with Gasteiger partial charge in [-0.05, 0) is 91.3 Å². The Morgan fingerprint density at radius 1 is 0.333 bits per heavy atom. The van der Waals surface area contributed by atoms with E-state index in [4.69, 9.17) is 4.42 Å². The fraction of sp³-hybridized carbons (Fsp3) is 0. The second-order valence-corrected chi connectivity index (χ2v) is 12.5. The zero-order chi connectivity index (χ0) is 31.6. The Morgan fingerprint density at radius 2 is 0.854 bits per heavy atom. The van der Waals surface area contributed by atoms with E-state index in [0.717, 1.165) is 39.0 Å². The molecule has 0 aliphatic rings. The second kappa shape index (κ2) is 10.6. The Morgan fingerprint density at radius 3 is 1.58 bits per heavy atom. The summed E-state index contributed by atoms with van der Waals surface area (Å²) in [6.45, 7) is 0. The molecule has 224 valence electrons. The summed E-state index contributed by atoms with van der Waals surface area (Å²) in [5.41, 5.74) is 7.47. The number of hydrogen-bond donors (Lipinski definition) is 0. The van der Waals surface area contributed by atoms with E-state index in [1.165, 1.54) is 54.2 Å². The lowest BCUT2D eigenvalue weighted by atomic mass is 9.93. The Kier molecular flexibility index (Phi) is 5.91. The third-order valence-corrected chi connectivity index (χ3v) is 9.81. The van der Waals surface area contributed by atoms with Gasteiger partial charge in [0.05, 0.1) is 5.69 Å². The molecule has 9 aromatic carbocycles. The van der Waals surface area contributed by atoms with Crippen molar-refractivity contribution in [2.45, 2.75) is 0 Å². The predicted octanol–water partition coefficient (Wildman–Crippen LogP) is 13.3. The highest BCUT2D eigenvalue weighted by Crippen LogP contribution is 2.44. The fourth-order valence-corrected chi connectivity index (χ4v) is 7.58. The summed E-state index contributed by atoms with van der Waals surface area (Å²) in [6, 6.07) is 63.4. The standard InChI is InChI=1S/C46H29NO/c1-3-13-35-31(11-1)27-43(39-17-6-5-15-37(35)39)30-21-23-33(24-22-30)47(34-25-26-42-41-19-9-10-20-45(41)48-46(42)29-34)44-28-32-12-2-4-14-36(32)38-16-7-8-18-40(38)44/h1-29H. The van der Waals surface area contributed by atoms with Gasteiger partial charge in [0.2, 0.25) is 0 Å². The highest BCUT2D eigenvalue weighted by molar-refractivity contribution is 6.16. The minimum Gasteiger partial charge on any atom is -0.456 e. The van der Waals surface area contributed by atoms with Crippen molar-refractivity contribution in [3.8, 4) is 11.1 Å². The van der Waals surface area contributed by atoms with Gasteiger partial charge in [0.1, 0.15) is 11.2 Å². The average Bonchev–Trinajstić information content (AvgIpc) is 3.53. The minimum absolute atomic E-state index is 0.878. The maximum atomic E-state index is 6.40. The number of anilines is 3. The van der Waals surface area contributed by atoms with Crippen molar-refractivity contribution in [2.24, 2.45) is 0 Å². The van der Waals surface area contributed by atoms with Gasteiger partial charge in [0.25, 0.3) is 0 Å². The van der Waals surface area contributed by atoms with E-state index in [9.17, 15) is 0 Å². The Bertz CT molecular complexity index is 2840. The molecule has 0 aliphatic heterocycles. The van der Waals surface area contributed by atoms with Gasteiger partial charge in [-0.3, -0.25) is 0 Å². The first-order chi connectivity index (χ1) is 23.8. The summed E-state index contributed by atoms with van der Waals surface area (Å²) < 4.78 is 6.40. The van der Waals surface area contributed by atoms with Gasteiger partial charge in [-0.15, -0.1) is 0 Å². The molecule has 10 rings (SSSR count). The summed E-state index contributed by atoms with van der Waals surface area (Å²) >= 11 is 0. The first-order valence-corrected chi connectivity index (χ1v) is 16.4. The van der Waals surface area contributed by atoms with Crippen LogP contribution >= 0.6 is 0 Å². The number of hydrogen-bond acceptors (Lipinski definition) is 2. The number of para-hydroxylation sites is 1. The minimum atomic E-state index is 0.878. The molecule has 0 fully saturated rings. The topological polar surface area (TPSA) is 16.4 Å². The normalized spacial score (nSPS) is 11.8. The van der Waals surface area contributed by atoms with E-state index in [1.807, 2.05) is 12.1 Å². The molecule has 2 heteroatoms. The van der Waals surface area contributed by atoms with E-state index in [0.29, 0.717) is 0 Å². The molecule has 1 heterocycles. The van der Waals surface area contributed by atoms with E-state index >= 15 is 0 Å². The fourth-order valence-electron chi connectivity index (χ4n) is 7.58. The van der Waals surface area contributed by atoms with Crippen molar-refractivity contribution >= 4 is 82.1 Å². The zero-order valence-corrected chi connectivity index (χ0v) is 26.1. The van der Waals surface area contributed by atoms with E-state index < -0.39 is 0 Å². The van der Waals surface area contributed by atoms with E-state index in [1.54, 1.807) is 0 Å². The molecule has 2 nitrogen and oxygen atoms in total. The molecule has 0 radical (unpaired) electrons. The smallest absolute Gasteiger partial charge is 0.137 e. The molecular weight excluding hydrogens is 583 g/mol. The van der Waals surface area contributed by atoms with Gasteiger partial charge in [-0.2, -0.15) is 0 Å².